The number of pyridine rings is 1. The lowest BCUT2D eigenvalue weighted by Gasteiger charge is -2.33. The summed E-state index contributed by atoms with van der Waals surface area (Å²) in [5.41, 5.74) is -0.590. The number of benzene rings is 2. The molecule has 234 valence electrons. The van der Waals surface area contributed by atoms with E-state index in [4.69, 9.17) is 34.8 Å². The number of hydrogen-bond donors (Lipinski definition) is 3. The molecule has 3 atom stereocenters. The number of halogens is 3. The van der Waals surface area contributed by atoms with Gasteiger partial charge >= 0.3 is 5.97 Å². The first-order valence-electron chi connectivity index (χ1n) is 13.3. The number of likely N-dealkylation sites (N-methyl/N-ethyl adjacent to an activating group) is 1. The van der Waals surface area contributed by atoms with Crippen molar-refractivity contribution in [3.63, 3.8) is 0 Å². The summed E-state index contributed by atoms with van der Waals surface area (Å²) in [7, 11) is -0.611. The fourth-order valence-corrected chi connectivity index (χ4v) is 7.61. The minimum atomic E-state index is -4.18. The zero-order valence-corrected chi connectivity index (χ0v) is 27.0. The van der Waals surface area contributed by atoms with Crippen molar-refractivity contribution < 1.29 is 27.9 Å². The maximum absolute atomic E-state index is 13.8. The molecule has 1 saturated heterocycles. The zero-order valence-electron chi connectivity index (χ0n) is 23.9. The molecule has 11 nitrogen and oxygen atoms in total. The number of hydrogen-bond acceptors (Lipinski definition) is 7. The van der Waals surface area contributed by atoms with Crippen LogP contribution in [0.4, 0.5) is 5.69 Å². The van der Waals surface area contributed by atoms with E-state index in [0.717, 1.165) is 4.31 Å². The predicted molar refractivity (Wildman–Crippen MR) is 168 cm³/mol. The van der Waals surface area contributed by atoms with E-state index in [9.17, 15) is 27.9 Å². The highest BCUT2D eigenvalue weighted by atomic mass is 35.5. The summed E-state index contributed by atoms with van der Waals surface area (Å²) in [5, 5.41) is 15.6. The first kappa shape index (κ1) is 33.6. The lowest BCUT2D eigenvalue weighted by molar-refractivity contribution is -0.143. The summed E-state index contributed by atoms with van der Waals surface area (Å²) >= 11 is 18.2. The van der Waals surface area contributed by atoms with Gasteiger partial charge in [0.1, 0.15) is 11.6 Å². The number of rotatable bonds is 10. The number of carbonyl (C=O) groups is 3. The van der Waals surface area contributed by atoms with E-state index in [-0.39, 0.29) is 51.0 Å². The number of amides is 2. The van der Waals surface area contributed by atoms with Gasteiger partial charge in [0.05, 0.1) is 20.5 Å². The van der Waals surface area contributed by atoms with E-state index in [2.05, 4.69) is 15.6 Å². The molecule has 3 N–H and O–H groups in total. The topological polar surface area (TPSA) is 149 Å². The van der Waals surface area contributed by atoms with Gasteiger partial charge in [-0.1, -0.05) is 53.0 Å². The molecule has 3 aromatic rings. The predicted octanol–water partition coefficient (Wildman–Crippen LogP) is 4.19. The Morgan fingerprint density at radius 3 is 2.30 bits per heavy atom. The molecule has 1 aliphatic rings. The lowest BCUT2D eigenvalue weighted by Crippen LogP contribution is -2.58. The van der Waals surface area contributed by atoms with Crippen LogP contribution in [-0.2, 0) is 26.0 Å². The number of sulfonamides is 1. The first-order chi connectivity index (χ1) is 20.6. The molecule has 15 heteroatoms. The molecular formula is C29H30Cl3N5O6S. The summed E-state index contributed by atoms with van der Waals surface area (Å²) in [6.45, 7) is 1.51. The number of carbonyl (C=O) groups excluding carboxylic acids is 2. The van der Waals surface area contributed by atoms with E-state index in [0.29, 0.717) is 11.3 Å². The lowest BCUT2D eigenvalue weighted by atomic mass is 9.95. The largest absolute Gasteiger partial charge is 0.480 e. The number of carboxylic acids is 1. The molecule has 1 unspecified atom stereocenters. The number of aliphatic carboxylic acids is 1. The molecular weight excluding hydrogens is 653 g/mol. The molecule has 44 heavy (non-hydrogen) atoms. The van der Waals surface area contributed by atoms with Crippen LogP contribution < -0.4 is 10.6 Å². The molecule has 0 spiro atoms. The SMILES string of the molecule is CN(C)[C@H]1CN(S(=O)(=O)c2cccc(Cl)c2)C(C)(C(=O)N[C@@H](Cc2ccc(NC(=O)c3c(Cl)cncc3Cl)cc2)C(=O)O)C1. The second-order valence-electron chi connectivity index (χ2n) is 10.8. The molecule has 0 saturated carbocycles. The molecule has 1 aromatic heterocycles. The van der Waals surface area contributed by atoms with Gasteiger partial charge in [-0.3, -0.25) is 14.6 Å². The van der Waals surface area contributed by atoms with Crippen LogP contribution in [0.25, 0.3) is 0 Å². The minimum absolute atomic E-state index is 0.0204. The van der Waals surface area contributed by atoms with E-state index in [1.54, 1.807) is 44.4 Å². The van der Waals surface area contributed by atoms with Gasteiger partial charge in [-0.25, -0.2) is 13.2 Å². The first-order valence-corrected chi connectivity index (χ1v) is 15.9. The van der Waals surface area contributed by atoms with Gasteiger partial charge in [0.2, 0.25) is 15.9 Å². The third kappa shape index (κ3) is 7.17. The van der Waals surface area contributed by atoms with Gasteiger partial charge in [0, 0.05) is 42.1 Å². The van der Waals surface area contributed by atoms with Crippen molar-refractivity contribution in [1.29, 1.82) is 0 Å². The third-order valence-electron chi connectivity index (χ3n) is 7.50. The Hall–Kier alpha value is -3.26. The number of anilines is 1. The Balaban J connectivity index is 1.52. The van der Waals surface area contributed by atoms with Gasteiger partial charge in [-0.2, -0.15) is 4.31 Å². The summed E-state index contributed by atoms with van der Waals surface area (Å²) in [4.78, 5) is 44.2. The van der Waals surface area contributed by atoms with Gasteiger partial charge in [0.15, 0.2) is 0 Å². The highest BCUT2D eigenvalue weighted by Crippen LogP contribution is 2.37. The highest BCUT2D eigenvalue weighted by Gasteiger charge is 2.54. The Morgan fingerprint density at radius 1 is 1.09 bits per heavy atom. The monoisotopic (exact) mass is 681 g/mol. The summed E-state index contributed by atoms with van der Waals surface area (Å²) in [6, 6.07) is 10.4. The van der Waals surface area contributed by atoms with Gasteiger partial charge in [0.25, 0.3) is 5.91 Å². The van der Waals surface area contributed by atoms with Gasteiger partial charge in [-0.05, 0) is 63.3 Å². The van der Waals surface area contributed by atoms with Crippen LogP contribution in [0.15, 0.2) is 65.8 Å². The van der Waals surface area contributed by atoms with Crippen molar-refractivity contribution in [2.75, 3.05) is 26.0 Å². The number of aromatic nitrogens is 1. The molecule has 1 fully saturated rings. The van der Waals surface area contributed by atoms with E-state index >= 15 is 0 Å². The Bertz CT molecular complexity index is 1670. The highest BCUT2D eigenvalue weighted by molar-refractivity contribution is 7.89. The molecule has 2 heterocycles. The summed E-state index contributed by atoms with van der Waals surface area (Å²) in [6.07, 6.45) is 2.62. The standard InChI is InChI=1S/C29H30Cl3N5O6S/c1-29(13-20(36(2)3)16-37(29)44(42,43)21-6-4-5-18(30)12-21)28(41)35-24(27(39)40)11-17-7-9-19(10-8-17)34-26(38)25-22(31)14-33-15-23(25)32/h4-10,12,14-15,20,24H,11,13,16H2,1-3H3,(H,34,38)(H,35,41)(H,39,40)/t20-,24+,29?/m1/s1. The van der Waals surface area contributed by atoms with Crippen LogP contribution in [0, 0.1) is 0 Å². The summed E-state index contributed by atoms with van der Waals surface area (Å²) in [5.74, 6) is -2.59. The number of nitrogens with zero attached hydrogens (tertiary/aromatic N) is 3. The van der Waals surface area contributed by atoms with Gasteiger partial charge in [-0.15, -0.1) is 0 Å². The molecule has 0 radical (unpaired) electrons. The van der Waals surface area contributed by atoms with Crippen LogP contribution >= 0.6 is 34.8 Å². The minimum Gasteiger partial charge on any atom is -0.480 e. The smallest absolute Gasteiger partial charge is 0.326 e. The van der Waals surface area contributed by atoms with Crippen LogP contribution in [0.1, 0.15) is 29.3 Å². The maximum atomic E-state index is 13.8. The molecule has 4 rings (SSSR count). The molecule has 2 aromatic carbocycles. The fraction of sp³-hybridized carbons (Fsp3) is 0.310. The van der Waals surface area contributed by atoms with Crippen molar-refractivity contribution in [3.05, 3.63) is 87.1 Å². The van der Waals surface area contributed by atoms with Crippen LogP contribution in [0.5, 0.6) is 0 Å². The fourth-order valence-electron chi connectivity index (χ4n) is 4.98. The normalized spacial score (nSPS) is 19.5. The van der Waals surface area contributed by atoms with Crippen molar-refractivity contribution in [1.82, 2.24) is 19.5 Å². The molecule has 0 aliphatic carbocycles. The molecule has 0 bridgehead atoms. The van der Waals surface area contributed by atoms with Gasteiger partial charge < -0.3 is 20.6 Å². The quantitative estimate of drug-likeness (QED) is 0.288. The van der Waals surface area contributed by atoms with E-state index in [1.165, 1.54) is 37.5 Å². The Labute approximate surface area is 270 Å². The average molecular weight is 683 g/mol. The van der Waals surface area contributed by atoms with Crippen LogP contribution in [0.3, 0.4) is 0 Å². The van der Waals surface area contributed by atoms with Crippen molar-refractivity contribution in [2.24, 2.45) is 0 Å². The Kier molecular flexibility index (Phi) is 10.2. The average Bonchev–Trinajstić information content (AvgIpc) is 3.33. The molecule has 1 aliphatic heterocycles. The van der Waals surface area contributed by atoms with Crippen LogP contribution in [-0.4, -0.2) is 83.8 Å². The second kappa shape index (κ2) is 13.4. The van der Waals surface area contributed by atoms with Crippen molar-refractivity contribution in [2.45, 2.75) is 42.3 Å². The van der Waals surface area contributed by atoms with Crippen molar-refractivity contribution >= 4 is 68.3 Å². The van der Waals surface area contributed by atoms with Crippen molar-refractivity contribution in [3.8, 4) is 0 Å². The second-order valence-corrected chi connectivity index (χ2v) is 13.9. The number of carboxylic acid groups (broad SMARTS) is 1. The third-order valence-corrected chi connectivity index (χ3v) is 10.3. The van der Waals surface area contributed by atoms with Crippen LogP contribution in [0.2, 0.25) is 15.1 Å². The molecule has 2 amide bonds. The number of nitrogens with one attached hydrogen (secondary N) is 2. The van der Waals surface area contributed by atoms with E-state index < -0.39 is 39.4 Å². The Morgan fingerprint density at radius 2 is 1.73 bits per heavy atom. The van der Waals surface area contributed by atoms with E-state index in [1.807, 2.05) is 4.90 Å². The summed E-state index contributed by atoms with van der Waals surface area (Å²) < 4.78 is 28.6. The maximum Gasteiger partial charge on any atom is 0.326 e. The zero-order chi connectivity index (χ0) is 32.4.